The van der Waals surface area contributed by atoms with Crippen LogP contribution in [0.5, 0.6) is 0 Å². The lowest BCUT2D eigenvalue weighted by atomic mass is 10.2. The number of aromatic nitrogens is 1. The highest BCUT2D eigenvalue weighted by Crippen LogP contribution is 2.27. The number of anilines is 1. The Balaban J connectivity index is 1.73. The van der Waals surface area contributed by atoms with Crippen molar-refractivity contribution in [3.05, 3.63) is 83.5 Å². The molecule has 1 heterocycles. The van der Waals surface area contributed by atoms with E-state index in [0.29, 0.717) is 23.0 Å². The quantitative estimate of drug-likeness (QED) is 0.371. The van der Waals surface area contributed by atoms with Gasteiger partial charge in [-0.3, -0.25) is 9.10 Å². The summed E-state index contributed by atoms with van der Waals surface area (Å²) < 4.78 is 27.6. The second kappa shape index (κ2) is 10.7. The first-order valence-corrected chi connectivity index (χ1v) is 12.3. The Morgan fingerprint density at radius 3 is 2.52 bits per heavy atom. The molecule has 2 aromatic carbocycles. The maximum atomic E-state index is 13.3. The lowest BCUT2D eigenvalue weighted by Crippen LogP contribution is -2.41. The van der Waals surface area contributed by atoms with E-state index >= 15 is 0 Å². The van der Waals surface area contributed by atoms with Crippen molar-refractivity contribution < 1.29 is 13.2 Å². The molecule has 0 bridgehead atoms. The van der Waals surface area contributed by atoms with Crippen molar-refractivity contribution in [3.8, 4) is 0 Å². The van der Waals surface area contributed by atoms with Crippen LogP contribution in [-0.2, 0) is 14.8 Å². The van der Waals surface area contributed by atoms with Crippen LogP contribution in [0.2, 0.25) is 5.02 Å². The number of nitrogens with one attached hydrogen (secondary N) is 1. The average molecular weight is 476 g/mol. The first-order valence-electron chi connectivity index (χ1n) is 9.52. The smallest absolute Gasteiger partial charge is 0.264 e. The normalized spacial score (nSPS) is 11.2. The number of amides is 1. The van der Waals surface area contributed by atoms with Crippen molar-refractivity contribution in [1.82, 2.24) is 10.3 Å². The minimum Gasteiger partial charge on any atom is -0.354 e. The van der Waals surface area contributed by atoms with Gasteiger partial charge in [0.2, 0.25) is 5.91 Å². The molecule has 31 heavy (non-hydrogen) atoms. The number of rotatable bonds is 9. The van der Waals surface area contributed by atoms with E-state index in [4.69, 9.17) is 11.6 Å². The van der Waals surface area contributed by atoms with Crippen LogP contribution in [0.15, 0.2) is 82.8 Å². The summed E-state index contributed by atoms with van der Waals surface area (Å²) in [5.41, 5.74) is 1.15. The number of carbonyl (C=O) groups excluding carboxylic acids is 1. The minimum atomic E-state index is -3.95. The largest absolute Gasteiger partial charge is 0.354 e. The fourth-order valence-electron chi connectivity index (χ4n) is 2.74. The lowest BCUT2D eigenvalue weighted by molar-refractivity contribution is -0.119. The molecule has 0 aliphatic rings. The zero-order valence-corrected chi connectivity index (χ0v) is 19.3. The predicted octanol–water partition coefficient (Wildman–Crippen LogP) is 4.15. The summed E-state index contributed by atoms with van der Waals surface area (Å²) in [4.78, 5) is 16.9. The zero-order valence-electron chi connectivity index (χ0n) is 16.9. The van der Waals surface area contributed by atoms with Gasteiger partial charge in [-0.15, -0.1) is 11.8 Å². The Bertz CT molecular complexity index is 1130. The summed E-state index contributed by atoms with van der Waals surface area (Å²) in [5.74, 6) is 0.211. The van der Waals surface area contributed by atoms with Crippen molar-refractivity contribution in [2.45, 2.75) is 16.8 Å². The van der Waals surface area contributed by atoms with E-state index < -0.39 is 15.9 Å². The molecule has 3 aromatic rings. The Labute approximate surface area is 191 Å². The van der Waals surface area contributed by atoms with Gasteiger partial charge in [0.05, 0.1) is 15.6 Å². The van der Waals surface area contributed by atoms with Crippen LogP contribution in [0.25, 0.3) is 0 Å². The van der Waals surface area contributed by atoms with Crippen LogP contribution in [-0.4, -0.2) is 38.2 Å². The van der Waals surface area contributed by atoms with Gasteiger partial charge >= 0.3 is 0 Å². The Kier molecular flexibility index (Phi) is 7.95. The molecule has 9 heteroatoms. The van der Waals surface area contributed by atoms with E-state index in [1.807, 2.05) is 25.1 Å². The minimum absolute atomic E-state index is 0.102. The van der Waals surface area contributed by atoms with Crippen LogP contribution >= 0.6 is 23.4 Å². The number of nitrogens with zero attached hydrogens (tertiary/aromatic N) is 2. The van der Waals surface area contributed by atoms with Gasteiger partial charge in [-0.25, -0.2) is 13.4 Å². The van der Waals surface area contributed by atoms with Gasteiger partial charge < -0.3 is 5.32 Å². The molecule has 0 aliphatic heterocycles. The number of thioether (sulfide) groups is 1. The first-order chi connectivity index (χ1) is 14.9. The molecule has 1 amide bonds. The Morgan fingerprint density at radius 2 is 1.84 bits per heavy atom. The predicted molar refractivity (Wildman–Crippen MR) is 125 cm³/mol. The summed E-state index contributed by atoms with van der Waals surface area (Å²) in [6.45, 7) is 1.85. The Morgan fingerprint density at radius 1 is 1.10 bits per heavy atom. The highest BCUT2D eigenvalue weighted by Gasteiger charge is 2.27. The van der Waals surface area contributed by atoms with E-state index in [0.717, 1.165) is 14.9 Å². The van der Waals surface area contributed by atoms with Crippen molar-refractivity contribution >= 4 is 45.0 Å². The molecule has 0 atom stereocenters. The highest BCUT2D eigenvalue weighted by molar-refractivity contribution is 7.99. The molecular weight excluding hydrogens is 454 g/mol. The number of pyridine rings is 1. The van der Waals surface area contributed by atoms with Gasteiger partial charge in [0, 0.05) is 23.5 Å². The van der Waals surface area contributed by atoms with E-state index in [2.05, 4.69) is 10.3 Å². The molecular formula is C22H22ClN3O3S2. The number of aryl methyl sites for hydroxylation is 1. The number of hydrogen-bond donors (Lipinski definition) is 1. The Hall–Kier alpha value is -2.55. The molecule has 0 saturated carbocycles. The average Bonchev–Trinajstić information content (AvgIpc) is 2.78. The van der Waals surface area contributed by atoms with E-state index in [-0.39, 0.29) is 11.4 Å². The topological polar surface area (TPSA) is 79.4 Å². The molecule has 3 rings (SSSR count). The van der Waals surface area contributed by atoms with Gasteiger partial charge in [-0.05, 0) is 48.9 Å². The molecule has 0 radical (unpaired) electrons. The molecule has 0 aliphatic carbocycles. The van der Waals surface area contributed by atoms with Crippen LogP contribution in [0.4, 0.5) is 5.69 Å². The molecule has 1 N–H and O–H groups in total. The van der Waals surface area contributed by atoms with Gasteiger partial charge in [0.15, 0.2) is 0 Å². The fraction of sp³-hybridized carbons (Fsp3) is 0.182. The number of halogens is 1. The second-order valence-electron chi connectivity index (χ2n) is 6.62. The molecule has 162 valence electrons. The van der Waals surface area contributed by atoms with E-state index in [1.54, 1.807) is 42.6 Å². The highest BCUT2D eigenvalue weighted by atomic mass is 35.5. The van der Waals surface area contributed by atoms with Crippen molar-refractivity contribution in [2.24, 2.45) is 0 Å². The molecule has 6 nitrogen and oxygen atoms in total. The van der Waals surface area contributed by atoms with Gasteiger partial charge in [-0.1, -0.05) is 41.9 Å². The standard InChI is InChI=1S/C22H22ClN3O3S2/c1-17-10-11-18(15-20(17)23)26(31(28,29)19-7-3-2-4-8-19)16-21(27)24-13-14-30-22-9-5-6-12-25-22/h2-12,15H,13-14,16H2,1H3,(H,24,27). The molecule has 0 saturated heterocycles. The number of hydrogen-bond acceptors (Lipinski definition) is 5. The fourth-order valence-corrected chi connectivity index (χ4v) is 5.07. The zero-order chi connectivity index (χ0) is 22.3. The summed E-state index contributed by atoms with van der Waals surface area (Å²) in [7, 11) is -3.95. The number of sulfonamides is 1. The third-order valence-corrected chi connectivity index (χ3v) is 7.51. The van der Waals surface area contributed by atoms with Crippen LogP contribution in [0.3, 0.4) is 0 Å². The van der Waals surface area contributed by atoms with Crippen LogP contribution in [0.1, 0.15) is 5.56 Å². The summed E-state index contributed by atoms with van der Waals surface area (Å²) >= 11 is 7.73. The number of benzene rings is 2. The van der Waals surface area contributed by atoms with E-state index in [9.17, 15) is 13.2 Å². The summed E-state index contributed by atoms with van der Waals surface area (Å²) in [6, 6.07) is 18.6. The maximum Gasteiger partial charge on any atom is 0.264 e. The van der Waals surface area contributed by atoms with Gasteiger partial charge in [-0.2, -0.15) is 0 Å². The first kappa shape index (κ1) is 23.1. The molecule has 1 aromatic heterocycles. The maximum absolute atomic E-state index is 13.3. The van der Waals surface area contributed by atoms with Crippen molar-refractivity contribution in [2.75, 3.05) is 23.1 Å². The third kappa shape index (κ3) is 6.22. The number of carbonyl (C=O) groups is 1. The van der Waals surface area contributed by atoms with Crippen molar-refractivity contribution in [3.63, 3.8) is 0 Å². The summed E-state index contributed by atoms with van der Waals surface area (Å²) in [6.07, 6.45) is 1.71. The third-order valence-electron chi connectivity index (χ3n) is 4.37. The van der Waals surface area contributed by atoms with Crippen LogP contribution < -0.4 is 9.62 Å². The lowest BCUT2D eigenvalue weighted by Gasteiger charge is -2.24. The molecule has 0 unspecified atom stereocenters. The van der Waals surface area contributed by atoms with E-state index in [1.165, 1.54) is 23.9 Å². The van der Waals surface area contributed by atoms with Gasteiger partial charge in [0.25, 0.3) is 10.0 Å². The monoisotopic (exact) mass is 475 g/mol. The van der Waals surface area contributed by atoms with Crippen molar-refractivity contribution in [1.29, 1.82) is 0 Å². The summed E-state index contributed by atoms with van der Waals surface area (Å²) in [5, 5.41) is 4.07. The molecule has 0 spiro atoms. The van der Waals surface area contributed by atoms with Crippen LogP contribution in [0, 0.1) is 6.92 Å². The van der Waals surface area contributed by atoms with Gasteiger partial charge in [0.1, 0.15) is 6.54 Å². The SMILES string of the molecule is Cc1ccc(N(CC(=O)NCCSc2ccccn2)S(=O)(=O)c2ccccc2)cc1Cl. The second-order valence-corrected chi connectivity index (χ2v) is 10.0. The molecule has 0 fully saturated rings.